The number of nitrogens with two attached hydrogens (primary N) is 1. The second kappa shape index (κ2) is 9.29. The Balaban J connectivity index is 1.69. The first-order valence-electron chi connectivity index (χ1n) is 11.1. The Kier molecular flexibility index (Phi) is 6.39. The van der Waals surface area contributed by atoms with Crippen LogP contribution < -0.4 is 10.6 Å². The van der Waals surface area contributed by atoms with Gasteiger partial charge in [0.05, 0.1) is 29.5 Å². The standard InChI is InChI=1S/C24H25F2N7O2/c1-24(2,3)35-23(34)33-10-9-32(12-14(33)7-8-27)22-15-11-29-21(19(26)20(15)30-13-31-22)18-16(25)5-4-6-17(18)28/h4-6,11,13-14H,7,9-10,12,28H2,1-3H3/t14-/m0/s1. The quantitative estimate of drug-likeness (QED) is 0.559. The predicted octanol–water partition coefficient (Wildman–Crippen LogP) is 3.89. The molecule has 2 N–H and O–H groups in total. The van der Waals surface area contributed by atoms with Crippen molar-refractivity contribution in [2.45, 2.75) is 38.8 Å². The average molecular weight is 482 g/mol. The van der Waals surface area contributed by atoms with Crippen LogP contribution >= 0.6 is 0 Å². The maximum atomic E-state index is 15.5. The van der Waals surface area contributed by atoms with Crippen molar-refractivity contribution >= 4 is 28.5 Å². The van der Waals surface area contributed by atoms with Gasteiger partial charge in [0.1, 0.15) is 34.8 Å². The van der Waals surface area contributed by atoms with Gasteiger partial charge in [-0.3, -0.25) is 4.98 Å². The Bertz CT molecular complexity index is 1300. The van der Waals surface area contributed by atoms with Gasteiger partial charge in [-0.05, 0) is 32.9 Å². The highest BCUT2D eigenvalue weighted by atomic mass is 19.1. The fourth-order valence-corrected chi connectivity index (χ4v) is 4.08. The summed E-state index contributed by atoms with van der Waals surface area (Å²) in [5.74, 6) is -1.10. The molecule has 182 valence electrons. The minimum Gasteiger partial charge on any atom is -0.444 e. The molecule has 0 aliphatic carbocycles. The molecule has 1 amide bonds. The summed E-state index contributed by atoms with van der Waals surface area (Å²) in [4.78, 5) is 28.6. The largest absolute Gasteiger partial charge is 0.444 e. The number of ether oxygens (including phenoxy) is 1. The van der Waals surface area contributed by atoms with E-state index in [2.05, 4.69) is 21.0 Å². The summed E-state index contributed by atoms with van der Waals surface area (Å²) in [5.41, 5.74) is 4.86. The Morgan fingerprint density at radius 2 is 2.03 bits per heavy atom. The number of amides is 1. The Morgan fingerprint density at radius 1 is 1.26 bits per heavy atom. The van der Waals surface area contributed by atoms with Crippen LogP contribution in [0.2, 0.25) is 0 Å². The molecule has 1 atom stereocenters. The third kappa shape index (κ3) is 4.77. The summed E-state index contributed by atoms with van der Waals surface area (Å²) >= 11 is 0. The number of piperazine rings is 1. The summed E-state index contributed by atoms with van der Waals surface area (Å²) in [5, 5.41) is 9.65. The van der Waals surface area contributed by atoms with Crippen LogP contribution in [0.15, 0.2) is 30.7 Å². The van der Waals surface area contributed by atoms with Crippen molar-refractivity contribution < 1.29 is 18.3 Å². The van der Waals surface area contributed by atoms with Crippen LogP contribution in [0.25, 0.3) is 22.2 Å². The van der Waals surface area contributed by atoms with Gasteiger partial charge < -0.3 is 20.3 Å². The molecule has 3 aromatic rings. The SMILES string of the molecule is CC(C)(C)OC(=O)N1CCN(c2ncnc3c(F)c(-c4c(N)cccc4F)ncc23)C[C@@H]1CC#N. The van der Waals surface area contributed by atoms with Crippen molar-refractivity contribution in [3.8, 4) is 17.3 Å². The summed E-state index contributed by atoms with van der Waals surface area (Å²) in [6, 6.07) is 5.74. The summed E-state index contributed by atoms with van der Waals surface area (Å²) in [7, 11) is 0. The van der Waals surface area contributed by atoms with Gasteiger partial charge in [-0.2, -0.15) is 5.26 Å². The van der Waals surface area contributed by atoms with Crippen molar-refractivity contribution in [1.82, 2.24) is 19.9 Å². The van der Waals surface area contributed by atoms with E-state index in [4.69, 9.17) is 10.5 Å². The number of nitriles is 1. The van der Waals surface area contributed by atoms with E-state index in [-0.39, 0.29) is 42.0 Å². The highest BCUT2D eigenvalue weighted by molar-refractivity contribution is 5.92. The monoisotopic (exact) mass is 481 g/mol. The molecule has 1 saturated heterocycles. The Labute approximate surface area is 201 Å². The molecule has 1 aromatic carbocycles. The topological polar surface area (TPSA) is 121 Å². The molecule has 0 saturated carbocycles. The van der Waals surface area contributed by atoms with E-state index in [1.54, 1.807) is 20.8 Å². The van der Waals surface area contributed by atoms with Gasteiger partial charge in [0, 0.05) is 31.5 Å². The number of aromatic nitrogens is 3. The van der Waals surface area contributed by atoms with E-state index < -0.39 is 29.4 Å². The number of fused-ring (bicyclic) bond motifs is 1. The first kappa shape index (κ1) is 24.1. The van der Waals surface area contributed by atoms with E-state index in [1.807, 2.05) is 4.90 Å². The molecule has 1 fully saturated rings. The number of nitrogens with zero attached hydrogens (tertiary/aromatic N) is 6. The van der Waals surface area contributed by atoms with Crippen LogP contribution in [0.5, 0.6) is 0 Å². The summed E-state index contributed by atoms with van der Waals surface area (Å²) in [6.07, 6.45) is 2.19. The van der Waals surface area contributed by atoms with Crippen LogP contribution in [-0.2, 0) is 4.74 Å². The molecule has 0 unspecified atom stereocenters. The third-order valence-electron chi connectivity index (χ3n) is 5.62. The lowest BCUT2D eigenvalue weighted by Gasteiger charge is -2.41. The molecule has 1 aliphatic rings. The van der Waals surface area contributed by atoms with Crippen LogP contribution in [0.4, 0.5) is 25.1 Å². The molecule has 1 aliphatic heterocycles. The van der Waals surface area contributed by atoms with Gasteiger partial charge in [-0.25, -0.2) is 23.5 Å². The summed E-state index contributed by atoms with van der Waals surface area (Å²) < 4.78 is 35.4. The molecule has 0 radical (unpaired) electrons. The van der Waals surface area contributed by atoms with Crippen molar-refractivity contribution in [1.29, 1.82) is 5.26 Å². The van der Waals surface area contributed by atoms with E-state index in [1.165, 1.54) is 35.6 Å². The van der Waals surface area contributed by atoms with E-state index in [0.717, 1.165) is 0 Å². The zero-order valence-corrected chi connectivity index (χ0v) is 19.6. The van der Waals surface area contributed by atoms with Crippen molar-refractivity contribution in [3.05, 3.63) is 42.4 Å². The zero-order chi connectivity index (χ0) is 25.3. The maximum absolute atomic E-state index is 15.5. The number of carbonyl (C=O) groups excluding carboxylic acids is 1. The number of pyridine rings is 1. The second-order valence-corrected chi connectivity index (χ2v) is 9.22. The number of carbonyl (C=O) groups is 1. The van der Waals surface area contributed by atoms with Gasteiger partial charge in [0.15, 0.2) is 5.82 Å². The molecule has 4 rings (SSSR count). The number of rotatable bonds is 3. The molecular weight excluding hydrogens is 456 g/mol. The Morgan fingerprint density at radius 3 is 2.71 bits per heavy atom. The van der Waals surface area contributed by atoms with Crippen LogP contribution in [0.1, 0.15) is 27.2 Å². The molecule has 9 nitrogen and oxygen atoms in total. The van der Waals surface area contributed by atoms with Gasteiger partial charge in [-0.1, -0.05) is 6.07 Å². The minimum atomic E-state index is -0.816. The van der Waals surface area contributed by atoms with Crippen LogP contribution in [0.3, 0.4) is 0 Å². The smallest absolute Gasteiger partial charge is 0.410 e. The lowest BCUT2D eigenvalue weighted by Crippen LogP contribution is -2.56. The van der Waals surface area contributed by atoms with E-state index in [0.29, 0.717) is 17.7 Å². The fraction of sp³-hybridized carbons (Fsp3) is 0.375. The van der Waals surface area contributed by atoms with Gasteiger partial charge >= 0.3 is 6.09 Å². The molecular formula is C24H25F2N7O2. The highest BCUT2D eigenvalue weighted by Crippen LogP contribution is 2.34. The maximum Gasteiger partial charge on any atom is 0.410 e. The number of benzene rings is 1. The predicted molar refractivity (Wildman–Crippen MR) is 126 cm³/mol. The second-order valence-electron chi connectivity index (χ2n) is 9.22. The summed E-state index contributed by atoms with van der Waals surface area (Å²) in [6.45, 7) is 6.26. The molecule has 35 heavy (non-hydrogen) atoms. The number of hydrogen-bond acceptors (Lipinski definition) is 8. The molecule has 2 aromatic heterocycles. The van der Waals surface area contributed by atoms with Crippen LogP contribution in [0, 0.1) is 23.0 Å². The fourth-order valence-electron chi connectivity index (χ4n) is 4.08. The number of nitrogen functional groups attached to an aromatic ring is 1. The van der Waals surface area contributed by atoms with Crippen molar-refractivity contribution in [3.63, 3.8) is 0 Å². The third-order valence-corrected chi connectivity index (χ3v) is 5.62. The molecule has 0 bridgehead atoms. The van der Waals surface area contributed by atoms with E-state index in [9.17, 15) is 14.4 Å². The normalized spacial score (nSPS) is 16.3. The van der Waals surface area contributed by atoms with Crippen molar-refractivity contribution in [2.75, 3.05) is 30.3 Å². The molecule has 11 heteroatoms. The number of halogens is 2. The molecule has 0 spiro atoms. The minimum absolute atomic E-state index is 0.0333. The van der Waals surface area contributed by atoms with Gasteiger partial charge in [-0.15, -0.1) is 0 Å². The van der Waals surface area contributed by atoms with Gasteiger partial charge in [0.2, 0.25) is 0 Å². The highest BCUT2D eigenvalue weighted by Gasteiger charge is 2.34. The van der Waals surface area contributed by atoms with Crippen molar-refractivity contribution in [2.24, 2.45) is 0 Å². The first-order chi connectivity index (χ1) is 16.6. The molecule has 3 heterocycles. The van der Waals surface area contributed by atoms with E-state index >= 15 is 4.39 Å². The first-order valence-corrected chi connectivity index (χ1v) is 11.1. The Hall–Kier alpha value is -4.07. The van der Waals surface area contributed by atoms with Gasteiger partial charge in [0.25, 0.3) is 0 Å². The number of hydrogen-bond donors (Lipinski definition) is 1. The van der Waals surface area contributed by atoms with Crippen LogP contribution in [-0.4, -0.2) is 57.2 Å². The zero-order valence-electron chi connectivity index (χ0n) is 19.6. The lowest BCUT2D eigenvalue weighted by molar-refractivity contribution is 0.0145. The lowest BCUT2D eigenvalue weighted by atomic mass is 10.1. The number of anilines is 2. The average Bonchev–Trinajstić information content (AvgIpc) is 2.79.